The molecule has 3 rings (SSSR count). The number of hydrogen-bond donors (Lipinski definition) is 0. The molecule has 0 N–H and O–H groups in total. The Morgan fingerprint density at radius 3 is 2.71 bits per heavy atom. The van der Waals surface area contributed by atoms with E-state index in [1.807, 2.05) is 6.07 Å². The number of rotatable bonds is 2. The third-order valence-electron chi connectivity index (χ3n) is 3.34. The second-order valence-electron chi connectivity index (χ2n) is 4.68. The summed E-state index contributed by atoms with van der Waals surface area (Å²) >= 11 is 6.74. The van der Waals surface area contributed by atoms with Gasteiger partial charge in [0.25, 0.3) is 0 Å². The third kappa shape index (κ3) is 2.58. The highest BCUT2D eigenvalue weighted by Gasteiger charge is 2.17. The van der Waals surface area contributed by atoms with Crippen LogP contribution in [-0.2, 0) is 7.05 Å². The van der Waals surface area contributed by atoms with Crippen LogP contribution < -0.4 is 5.76 Å². The quantitative estimate of drug-likeness (QED) is 0.578. The molecule has 3 nitrogen and oxygen atoms in total. The topological polar surface area (TPSA) is 35.1 Å². The Labute approximate surface area is 136 Å². The summed E-state index contributed by atoms with van der Waals surface area (Å²) in [6, 6.07) is 10.3. The summed E-state index contributed by atoms with van der Waals surface area (Å²) in [6.07, 6.45) is 0. The SMILES string of the molecule is Cn1c(=O)oc2cc(C(Br)c3ccc(Br)cc3F)ccc21. The number of alkyl halides is 1. The lowest BCUT2D eigenvalue weighted by Crippen LogP contribution is -2.08. The fourth-order valence-corrected chi connectivity index (χ4v) is 3.18. The summed E-state index contributed by atoms with van der Waals surface area (Å²) in [5.74, 6) is -0.719. The highest BCUT2D eigenvalue weighted by Crippen LogP contribution is 2.34. The zero-order chi connectivity index (χ0) is 15.1. The van der Waals surface area contributed by atoms with Gasteiger partial charge in [-0.2, -0.15) is 0 Å². The van der Waals surface area contributed by atoms with E-state index in [1.165, 1.54) is 10.6 Å². The van der Waals surface area contributed by atoms with Crippen molar-refractivity contribution in [2.45, 2.75) is 4.83 Å². The Balaban J connectivity index is 2.09. The molecule has 1 atom stereocenters. The monoisotopic (exact) mass is 413 g/mol. The smallest absolute Gasteiger partial charge is 0.408 e. The Morgan fingerprint density at radius 1 is 1.24 bits per heavy atom. The zero-order valence-corrected chi connectivity index (χ0v) is 14.1. The maximum absolute atomic E-state index is 14.0. The van der Waals surface area contributed by atoms with Crippen LogP contribution in [-0.4, -0.2) is 4.57 Å². The summed E-state index contributed by atoms with van der Waals surface area (Å²) in [6.45, 7) is 0. The molecule has 0 saturated carbocycles. The minimum Gasteiger partial charge on any atom is -0.408 e. The van der Waals surface area contributed by atoms with Crippen molar-refractivity contribution < 1.29 is 8.81 Å². The molecule has 3 aromatic rings. The van der Waals surface area contributed by atoms with E-state index in [2.05, 4.69) is 31.9 Å². The lowest BCUT2D eigenvalue weighted by atomic mass is 10.0. The first-order chi connectivity index (χ1) is 9.97. The lowest BCUT2D eigenvalue weighted by Gasteiger charge is -2.12. The zero-order valence-electron chi connectivity index (χ0n) is 10.9. The summed E-state index contributed by atoms with van der Waals surface area (Å²) in [4.78, 5) is 11.2. The molecule has 1 aromatic heterocycles. The van der Waals surface area contributed by atoms with Gasteiger partial charge >= 0.3 is 5.76 Å². The highest BCUT2D eigenvalue weighted by molar-refractivity contribution is 9.10. The van der Waals surface area contributed by atoms with Crippen LogP contribution in [0.1, 0.15) is 16.0 Å². The van der Waals surface area contributed by atoms with E-state index in [4.69, 9.17) is 4.42 Å². The molecule has 0 bridgehead atoms. The van der Waals surface area contributed by atoms with Crippen molar-refractivity contribution >= 4 is 43.0 Å². The second kappa shape index (κ2) is 5.42. The van der Waals surface area contributed by atoms with Crippen molar-refractivity contribution in [2.75, 3.05) is 0 Å². The van der Waals surface area contributed by atoms with Gasteiger partial charge in [0.2, 0.25) is 0 Å². The van der Waals surface area contributed by atoms with Gasteiger partial charge in [0, 0.05) is 17.1 Å². The van der Waals surface area contributed by atoms with Gasteiger partial charge in [-0.3, -0.25) is 4.57 Å². The van der Waals surface area contributed by atoms with Gasteiger partial charge in [0.05, 0.1) is 10.3 Å². The molecule has 0 radical (unpaired) electrons. The van der Waals surface area contributed by atoms with Gasteiger partial charge in [-0.15, -0.1) is 0 Å². The van der Waals surface area contributed by atoms with Crippen LogP contribution >= 0.6 is 31.9 Å². The predicted octanol–water partition coefficient (Wildman–Crippen LogP) is 4.52. The van der Waals surface area contributed by atoms with Gasteiger partial charge in [0.15, 0.2) is 5.58 Å². The molecule has 0 aliphatic heterocycles. The third-order valence-corrected chi connectivity index (χ3v) is 4.86. The molecule has 21 heavy (non-hydrogen) atoms. The lowest BCUT2D eigenvalue weighted by molar-refractivity contribution is 0.528. The van der Waals surface area contributed by atoms with Crippen LogP contribution in [0.2, 0.25) is 0 Å². The maximum Gasteiger partial charge on any atom is 0.419 e. The number of hydrogen-bond acceptors (Lipinski definition) is 2. The maximum atomic E-state index is 14.0. The molecular weight excluding hydrogens is 405 g/mol. The second-order valence-corrected chi connectivity index (χ2v) is 6.51. The normalized spacial score (nSPS) is 12.8. The first kappa shape index (κ1) is 14.5. The van der Waals surface area contributed by atoms with Crippen molar-refractivity contribution in [3.05, 3.63) is 68.4 Å². The van der Waals surface area contributed by atoms with E-state index in [1.54, 1.807) is 31.3 Å². The molecule has 0 spiro atoms. The van der Waals surface area contributed by atoms with Crippen molar-refractivity contribution in [1.29, 1.82) is 0 Å². The van der Waals surface area contributed by atoms with E-state index in [9.17, 15) is 9.18 Å². The molecule has 6 heteroatoms. The number of fused-ring (bicyclic) bond motifs is 1. The fourth-order valence-electron chi connectivity index (χ4n) is 2.19. The fraction of sp³-hybridized carbons (Fsp3) is 0.133. The van der Waals surface area contributed by atoms with Crippen molar-refractivity contribution in [3.8, 4) is 0 Å². The minimum atomic E-state index is -0.414. The summed E-state index contributed by atoms with van der Waals surface area (Å²) in [5, 5.41) is 0. The van der Waals surface area contributed by atoms with Gasteiger partial charge in [-0.25, -0.2) is 9.18 Å². The summed E-state index contributed by atoms with van der Waals surface area (Å²) in [5.41, 5.74) is 2.54. The van der Waals surface area contributed by atoms with Gasteiger partial charge in [-0.1, -0.05) is 44.0 Å². The van der Waals surface area contributed by atoms with Crippen LogP contribution in [0.4, 0.5) is 4.39 Å². The molecule has 0 saturated heterocycles. The summed E-state index contributed by atoms with van der Waals surface area (Å²) in [7, 11) is 1.65. The predicted molar refractivity (Wildman–Crippen MR) is 86.3 cm³/mol. The standard InChI is InChI=1S/C15H10Br2FNO2/c1-19-12-5-2-8(6-13(12)21-15(19)20)14(17)10-4-3-9(16)7-11(10)18/h2-7,14H,1H3. The number of halogens is 3. The van der Waals surface area contributed by atoms with Gasteiger partial charge in [-0.05, 0) is 29.8 Å². The molecule has 0 amide bonds. The first-order valence-electron chi connectivity index (χ1n) is 6.16. The number of aromatic nitrogens is 1. The molecule has 0 fully saturated rings. The van der Waals surface area contributed by atoms with Crippen LogP contribution in [0.3, 0.4) is 0 Å². The number of oxazole rings is 1. The number of aryl methyl sites for hydroxylation is 1. The van der Waals surface area contributed by atoms with E-state index < -0.39 is 5.76 Å². The largest absolute Gasteiger partial charge is 0.419 e. The Bertz CT molecular complexity index is 885. The van der Waals surface area contributed by atoms with Crippen molar-refractivity contribution in [2.24, 2.45) is 7.05 Å². The minimum absolute atomic E-state index is 0.305. The van der Waals surface area contributed by atoms with E-state index in [-0.39, 0.29) is 10.6 Å². The van der Waals surface area contributed by atoms with Gasteiger partial charge in [0.1, 0.15) is 5.82 Å². The molecule has 0 aliphatic rings. The van der Waals surface area contributed by atoms with E-state index >= 15 is 0 Å². The van der Waals surface area contributed by atoms with Crippen LogP contribution in [0.5, 0.6) is 0 Å². The Kier molecular flexibility index (Phi) is 3.75. The van der Waals surface area contributed by atoms with Crippen molar-refractivity contribution in [1.82, 2.24) is 4.57 Å². The van der Waals surface area contributed by atoms with Crippen LogP contribution in [0.25, 0.3) is 11.1 Å². The Morgan fingerprint density at radius 2 is 2.00 bits per heavy atom. The van der Waals surface area contributed by atoms with Crippen LogP contribution in [0.15, 0.2) is 50.1 Å². The molecule has 1 unspecified atom stereocenters. The average molecular weight is 415 g/mol. The molecule has 0 aliphatic carbocycles. The van der Waals surface area contributed by atoms with E-state index in [0.29, 0.717) is 21.1 Å². The number of benzene rings is 2. The van der Waals surface area contributed by atoms with Crippen LogP contribution in [0, 0.1) is 5.82 Å². The van der Waals surface area contributed by atoms with Crippen molar-refractivity contribution in [3.63, 3.8) is 0 Å². The summed E-state index contributed by atoms with van der Waals surface area (Å²) < 4.78 is 21.3. The molecule has 108 valence electrons. The molecular formula is C15H10Br2FNO2. The molecule has 1 heterocycles. The number of nitrogens with zero attached hydrogens (tertiary/aromatic N) is 1. The van der Waals surface area contributed by atoms with E-state index in [0.717, 1.165) is 5.56 Å². The molecule has 2 aromatic carbocycles. The van der Waals surface area contributed by atoms with Gasteiger partial charge < -0.3 is 4.42 Å². The highest BCUT2D eigenvalue weighted by atomic mass is 79.9. The first-order valence-corrected chi connectivity index (χ1v) is 7.87. The Hall–Kier alpha value is -1.40. The average Bonchev–Trinajstić information content (AvgIpc) is 2.73.